The number of anilines is 1. The molecular weight excluding hydrogens is 359 g/mol. The molecule has 28 heavy (non-hydrogen) atoms. The van der Waals surface area contributed by atoms with Crippen LogP contribution in [0.15, 0.2) is 54.6 Å². The molecule has 2 unspecified atom stereocenters. The van der Waals surface area contributed by atoms with E-state index >= 15 is 0 Å². The number of carbonyl (C=O) groups excluding carboxylic acids is 2. The van der Waals surface area contributed by atoms with Crippen molar-refractivity contribution in [3.63, 3.8) is 0 Å². The van der Waals surface area contributed by atoms with Crippen LogP contribution in [0.2, 0.25) is 0 Å². The molecule has 2 saturated heterocycles. The molecule has 2 fully saturated rings. The zero-order valence-corrected chi connectivity index (χ0v) is 15.5. The Labute approximate surface area is 163 Å². The van der Waals surface area contributed by atoms with E-state index in [4.69, 9.17) is 0 Å². The summed E-state index contributed by atoms with van der Waals surface area (Å²) in [4.78, 5) is 26.0. The topological polar surface area (TPSA) is 64.7 Å². The molecule has 0 radical (unpaired) electrons. The fourth-order valence-electron chi connectivity index (χ4n) is 3.77. The Morgan fingerprint density at radius 2 is 1.68 bits per heavy atom. The maximum Gasteiger partial charge on any atom is 0.230 e. The molecule has 1 amide bonds. The molecular formula is C21H23FN4O2. The summed E-state index contributed by atoms with van der Waals surface area (Å²) < 4.78 is 13.1. The van der Waals surface area contributed by atoms with Crippen LogP contribution in [0.25, 0.3) is 0 Å². The molecule has 2 heterocycles. The second-order valence-electron chi connectivity index (χ2n) is 7.10. The summed E-state index contributed by atoms with van der Waals surface area (Å²) in [5.74, 6) is -1.08. The summed E-state index contributed by atoms with van der Waals surface area (Å²) in [5, 5.41) is 10.3. The monoisotopic (exact) mass is 382 g/mol. The number of hydrogen-bond donors (Lipinski definition) is 2. The molecule has 4 rings (SSSR count). The number of hydrogen-bond acceptors (Lipinski definition) is 5. The quantitative estimate of drug-likeness (QED) is 0.772. The number of nitrogens with one attached hydrogen (secondary N) is 2. The van der Waals surface area contributed by atoms with Crippen LogP contribution in [0, 0.1) is 11.7 Å². The van der Waals surface area contributed by atoms with E-state index in [1.165, 1.54) is 24.3 Å². The van der Waals surface area contributed by atoms with Crippen molar-refractivity contribution < 1.29 is 14.0 Å². The number of hydrazine groups is 1. The molecule has 2 aliphatic rings. The van der Waals surface area contributed by atoms with Gasteiger partial charge in [0.25, 0.3) is 0 Å². The summed E-state index contributed by atoms with van der Waals surface area (Å²) in [7, 11) is 0. The molecule has 0 bridgehead atoms. The lowest BCUT2D eigenvalue weighted by Crippen LogP contribution is -2.70. The average molecular weight is 382 g/mol. The van der Waals surface area contributed by atoms with Crippen molar-refractivity contribution in [1.82, 2.24) is 15.3 Å². The van der Waals surface area contributed by atoms with E-state index in [1.54, 1.807) is 12.1 Å². The van der Waals surface area contributed by atoms with Crippen molar-refractivity contribution in [2.45, 2.75) is 6.04 Å². The fourth-order valence-corrected chi connectivity index (χ4v) is 3.77. The first-order valence-corrected chi connectivity index (χ1v) is 9.51. The predicted molar refractivity (Wildman–Crippen MR) is 104 cm³/mol. The molecule has 2 aliphatic heterocycles. The van der Waals surface area contributed by atoms with Gasteiger partial charge < -0.3 is 10.6 Å². The average Bonchev–Trinajstić information content (AvgIpc) is 2.70. The van der Waals surface area contributed by atoms with Gasteiger partial charge in [0.15, 0.2) is 5.78 Å². The van der Waals surface area contributed by atoms with E-state index in [-0.39, 0.29) is 17.5 Å². The Morgan fingerprint density at radius 1 is 1.00 bits per heavy atom. The fraction of sp³-hybridized carbons (Fsp3) is 0.333. The largest absolute Gasteiger partial charge is 0.326 e. The van der Waals surface area contributed by atoms with Gasteiger partial charge >= 0.3 is 0 Å². The summed E-state index contributed by atoms with van der Waals surface area (Å²) >= 11 is 0. The van der Waals surface area contributed by atoms with Gasteiger partial charge in [0, 0.05) is 44.0 Å². The summed E-state index contributed by atoms with van der Waals surface area (Å²) in [6.45, 7) is 3.83. The van der Waals surface area contributed by atoms with Gasteiger partial charge in [0.05, 0.1) is 5.92 Å². The van der Waals surface area contributed by atoms with Crippen molar-refractivity contribution in [3.05, 3.63) is 66.0 Å². The Bertz CT molecular complexity index is 837. The number of Topliss-reactive ketones (excluding diaryl/α,β-unsaturated/α-hetero) is 1. The van der Waals surface area contributed by atoms with Gasteiger partial charge in [-0.3, -0.25) is 9.59 Å². The molecule has 6 nitrogen and oxygen atoms in total. The van der Waals surface area contributed by atoms with E-state index in [1.807, 2.05) is 23.2 Å². The van der Waals surface area contributed by atoms with Crippen LogP contribution in [0.5, 0.6) is 0 Å². The minimum absolute atomic E-state index is 0.0513. The van der Waals surface area contributed by atoms with Gasteiger partial charge in [0.1, 0.15) is 11.9 Å². The third-order valence-corrected chi connectivity index (χ3v) is 5.32. The van der Waals surface area contributed by atoms with E-state index in [0.717, 1.165) is 26.2 Å². The first-order valence-electron chi connectivity index (χ1n) is 9.51. The van der Waals surface area contributed by atoms with Crippen molar-refractivity contribution >= 4 is 17.4 Å². The number of amides is 1. The smallest absolute Gasteiger partial charge is 0.230 e. The molecule has 2 aromatic rings. The van der Waals surface area contributed by atoms with E-state index in [2.05, 4.69) is 15.6 Å². The van der Waals surface area contributed by atoms with Gasteiger partial charge in [-0.25, -0.2) is 14.4 Å². The second kappa shape index (κ2) is 8.18. The predicted octanol–water partition coefficient (Wildman–Crippen LogP) is 1.77. The number of nitrogens with zero attached hydrogens (tertiary/aromatic N) is 2. The molecule has 0 saturated carbocycles. The lowest BCUT2D eigenvalue weighted by atomic mass is 9.83. The standard InChI is InChI=1S/C21H23FN4O2/c22-16-6-8-17(9-7-16)24-21(28)18-14-26(25-12-10-23-11-13-25)19(18)20(27)15-4-2-1-3-5-15/h1-9,18-19,23H,10-14H2,(H,24,28). The number of piperazine rings is 1. The highest BCUT2D eigenvalue weighted by molar-refractivity contribution is 6.06. The van der Waals surface area contributed by atoms with Crippen LogP contribution in [-0.2, 0) is 4.79 Å². The molecule has 0 aromatic heterocycles. The van der Waals surface area contributed by atoms with Crippen LogP contribution in [0.1, 0.15) is 10.4 Å². The third kappa shape index (κ3) is 3.82. The maximum absolute atomic E-state index is 13.2. The zero-order chi connectivity index (χ0) is 19.5. The van der Waals surface area contributed by atoms with Crippen LogP contribution in [0.4, 0.5) is 10.1 Å². The number of benzene rings is 2. The number of ketones is 1. The Balaban J connectivity index is 1.52. The SMILES string of the molecule is O=C(Nc1ccc(F)cc1)C1CN(N2CCNCC2)C1C(=O)c1ccccc1. The first kappa shape index (κ1) is 18.7. The Kier molecular flexibility index (Phi) is 5.47. The van der Waals surface area contributed by atoms with Gasteiger partial charge in [-0.15, -0.1) is 0 Å². The highest BCUT2D eigenvalue weighted by Crippen LogP contribution is 2.31. The van der Waals surface area contributed by atoms with Gasteiger partial charge in [-0.05, 0) is 24.3 Å². The highest BCUT2D eigenvalue weighted by Gasteiger charge is 2.50. The molecule has 2 aromatic carbocycles. The second-order valence-corrected chi connectivity index (χ2v) is 7.10. The Morgan fingerprint density at radius 3 is 2.36 bits per heavy atom. The van der Waals surface area contributed by atoms with Crippen LogP contribution in [-0.4, -0.2) is 60.5 Å². The van der Waals surface area contributed by atoms with Crippen LogP contribution in [0.3, 0.4) is 0 Å². The normalized spacial score (nSPS) is 23.0. The molecule has 146 valence electrons. The molecule has 0 spiro atoms. The zero-order valence-electron chi connectivity index (χ0n) is 15.5. The van der Waals surface area contributed by atoms with Crippen molar-refractivity contribution in [2.24, 2.45) is 5.92 Å². The van der Waals surface area contributed by atoms with Gasteiger partial charge in [-0.1, -0.05) is 30.3 Å². The molecule has 2 N–H and O–H groups in total. The first-order chi connectivity index (χ1) is 13.6. The van der Waals surface area contributed by atoms with Crippen LogP contribution >= 0.6 is 0 Å². The van der Waals surface area contributed by atoms with Crippen LogP contribution < -0.4 is 10.6 Å². The minimum Gasteiger partial charge on any atom is -0.326 e. The third-order valence-electron chi connectivity index (χ3n) is 5.32. The lowest BCUT2D eigenvalue weighted by Gasteiger charge is -2.52. The number of halogens is 1. The van der Waals surface area contributed by atoms with Gasteiger partial charge in [0.2, 0.25) is 5.91 Å². The van der Waals surface area contributed by atoms with Crippen molar-refractivity contribution in [1.29, 1.82) is 0 Å². The van der Waals surface area contributed by atoms with E-state index < -0.39 is 12.0 Å². The molecule has 0 aliphatic carbocycles. The lowest BCUT2D eigenvalue weighted by molar-refractivity contribution is -0.158. The minimum atomic E-state index is -0.527. The summed E-state index contributed by atoms with van der Waals surface area (Å²) in [5.41, 5.74) is 1.13. The van der Waals surface area contributed by atoms with Crippen molar-refractivity contribution in [2.75, 3.05) is 38.0 Å². The van der Waals surface area contributed by atoms with E-state index in [9.17, 15) is 14.0 Å². The van der Waals surface area contributed by atoms with Crippen molar-refractivity contribution in [3.8, 4) is 0 Å². The summed E-state index contributed by atoms with van der Waals surface area (Å²) in [6, 6.07) is 14.2. The number of rotatable bonds is 5. The molecule has 7 heteroatoms. The van der Waals surface area contributed by atoms with E-state index in [0.29, 0.717) is 17.8 Å². The summed E-state index contributed by atoms with van der Waals surface area (Å²) in [6.07, 6.45) is 0. The Hall–Kier alpha value is -2.61. The maximum atomic E-state index is 13.2. The van der Waals surface area contributed by atoms with Gasteiger partial charge in [-0.2, -0.15) is 0 Å². The molecule has 2 atom stereocenters. The highest BCUT2D eigenvalue weighted by atomic mass is 19.1. The number of carbonyl (C=O) groups is 2.